The van der Waals surface area contributed by atoms with Gasteiger partial charge < -0.3 is 5.32 Å². The van der Waals surface area contributed by atoms with Gasteiger partial charge in [0.25, 0.3) is 0 Å². The van der Waals surface area contributed by atoms with Gasteiger partial charge in [0.05, 0.1) is 17.1 Å². The number of benzene rings is 2. The van der Waals surface area contributed by atoms with Gasteiger partial charge >= 0.3 is 0 Å². The molecule has 2 aromatic rings. The number of para-hydroxylation sites is 1. The molecule has 0 aliphatic carbocycles. The van der Waals surface area contributed by atoms with Crippen LogP contribution in [0.25, 0.3) is 0 Å². The second-order valence-corrected chi connectivity index (χ2v) is 9.07. The van der Waals surface area contributed by atoms with E-state index in [4.69, 9.17) is 0 Å². The Morgan fingerprint density at radius 3 is 2.27 bits per heavy atom. The SMILES string of the molecule is CSc1ccccc1NC(=O)CN(C)S(=O)(=O)c1c(C)cc(C)cc1C. The molecule has 0 aliphatic rings. The standard InChI is InChI=1S/C19H24N2O3S2/c1-13-10-14(2)19(15(3)11-13)26(23,24)21(4)12-18(22)20-16-8-6-7-9-17(16)25-5/h6-11H,12H2,1-5H3,(H,20,22). The highest BCUT2D eigenvalue weighted by Crippen LogP contribution is 2.26. The van der Waals surface area contributed by atoms with Gasteiger partial charge in [0.2, 0.25) is 15.9 Å². The van der Waals surface area contributed by atoms with Crippen molar-refractivity contribution in [2.24, 2.45) is 0 Å². The Labute approximate surface area is 159 Å². The van der Waals surface area contributed by atoms with Crippen molar-refractivity contribution in [2.75, 3.05) is 25.2 Å². The van der Waals surface area contributed by atoms with E-state index in [-0.39, 0.29) is 17.3 Å². The first-order valence-corrected chi connectivity index (χ1v) is 10.8. The van der Waals surface area contributed by atoms with E-state index in [1.165, 1.54) is 18.8 Å². The number of nitrogens with one attached hydrogen (secondary N) is 1. The molecular weight excluding hydrogens is 368 g/mol. The van der Waals surface area contributed by atoms with Crippen LogP contribution in [0.1, 0.15) is 16.7 Å². The van der Waals surface area contributed by atoms with E-state index < -0.39 is 10.0 Å². The zero-order valence-electron chi connectivity index (χ0n) is 15.7. The van der Waals surface area contributed by atoms with Gasteiger partial charge in [0.15, 0.2) is 0 Å². The second kappa shape index (κ2) is 8.24. The Morgan fingerprint density at radius 2 is 1.69 bits per heavy atom. The first kappa shape index (κ1) is 20.5. The van der Waals surface area contributed by atoms with Gasteiger partial charge in [-0.1, -0.05) is 29.8 Å². The number of thioether (sulfide) groups is 1. The number of rotatable bonds is 6. The summed E-state index contributed by atoms with van der Waals surface area (Å²) in [6, 6.07) is 11.1. The van der Waals surface area contributed by atoms with E-state index in [2.05, 4.69) is 5.32 Å². The summed E-state index contributed by atoms with van der Waals surface area (Å²) < 4.78 is 27.0. The van der Waals surface area contributed by atoms with Gasteiger partial charge in [-0.05, 0) is 50.3 Å². The zero-order chi connectivity index (χ0) is 19.5. The minimum atomic E-state index is -3.75. The summed E-state index contributed by atoms with van der Waals surface area (Å²) in [5.41, 5.74) is 3.05. The molecule has 7 heteroatoms. The molecule has 1 N–H and O–H groups in total. The molecule has 0 fully saturated rings. The monoisotopic (exact) mass is 392 g/mol. The molecule has 140 valence electrons. The maximum absolute atomic E-state index is 12.9. The van der Waals surface area contributed by atoms with Gasteiger partial charge in [0.1, 0.15) is 0 Å². The van der Waals surface area contributed by atoms with Gasteiger partial charge in [0, 0.05) is 11.9 Å². The van der Waals surface area contributed by atoms with E-state index in [1.54, 1.807) is 19.9 Å². The second-order valence-electron chi connectivity index (χ2n) is 6.24. The van der Waals surface area contributed by atoms with Crippen molar-refractivity contribution in [1.29, 1.82) is 0 Å². The molecule has 0 bridgehead atoms. The highest BCUT2D eigenvalue weighted by atomic mass is 32.2. The number of sulfonamides is 1. The smallest absolute Gasteiger partial charge is 0.243 e. The highest BCUT2D eigenvalue weighted by Gasteiger charge is 2.26. The van der Waals surface area contributed by atoms with Crippen molar-refractivity contribution in [1.82, 2.24) is 4.31 Å². The molecule has 0 heterocycles. The molecule has 2 rings (SSSR count). The van der Waals surface area contributed by atoms with Crippen LogP contribution in [0.4, 0.5) is 5.69 Å². The third-order valence-corrected chi connectivity index (χ3v) is 6.93. The van der Waals surface area contributed by atoms with Crippen molar-refractivity contribution in [3.63, 3.8) is 0 Å². The molecule has 2 aromatic carbocycles. The summed E-state index contributed by atoms with van der Waals surface area (Å²) in [6.45, 7) is 5.22. The first-order valence-electron chi connectivity index (χ1n) is 8.14. The molecule has 0 radical (unpaired) electrons. The summed E-state index contributed by atoms with van der Waals surface area (Å²) in [6.07, 6.45) is 1.92. The van der Waals surface area contributed by atoms with Gasteiger partial charge in [-0.2, -0.15) is 4.31 Å². The lowest BCUT2D eigenvalue weighted by molar-refractivity contribution is -0.116. The lowest BCUT2D eigenvalue weighted by Gasteiger charge is -2.20. The first-order chi connectivity index (χ1) is 12.2. The Kier molecular flexibility index (Phi) is 6.49. The number of hydrogen-bond donors (Lipinski definition) is 1. The van der Waals surface area contributed by atoms with Gasteiger partial charge in [-0.15, -0.1) is 11.8 Å². The third kappa shape index (κ3) is 4.47. The molecule has 0 aromatic heterocycles. The third-order valence-electron chi connectivity index (χ3n) is 4.02. The minimum absolute atomic E-state index is 0.252. The number of amides is 1. The maximum Gasteiger partial charge on any atom is 0.243 e. The summed E-state index contributed by atoms with van der Waals surface area (Å²) in [5, 5.41) is 2.79. The van der Waals surface area contributed by atoms with Gasteiger partial charge in [-0.3, -0.25) is 4.79 Å². The molecule has 0 saturated heterocycles. The Morgan fingerprint density at radius 1 is 1.12 bits per heavy atom. The lowest BCUT2D eigenvalue weighted by Crippen LogP contribution is -2.35. The molecule has 5 nitrogen and oxygen atoms in total. The number of carbonyl (C=O) groups is 1. The molecule has 0 saturated carbocycles. The Hall–Kier alpha value is -1.83. The number of likely N-dealkylation sites (N-methyl/N-ethyl adjacent to an activating group) is 1. The van der Waals surface area contributed by atoms with Crippen LogP contribution in [-0.4, -0.2) is 38.5 Å². The van der Waals surface area contributed by atoms with E-state index in [0.717, 1.165) is 14.8 Å². The van der Waals surface area contributed by atoms with Crippen molar-refractivity contribution in [3.8, 4) is 0 Å². The Balaban J connectivity index is 2.21. The van der Waals surface area contributed by atoms with Crippen LogP contribution in [0.2, 0.25) is 0 Å². The lowest BCUT2D eigenvalue weighted by atomic mass is 10.1. The van der Waals surface area contributed by atoms with E-state index >= 15 is 0 Å². The van der Waals surface area contributed by atoms with Crippen LogP contribution in [0.15, 0.2) is 46.2 Å². The number of aryl methyl sites for hydroxylation is 3. The molecule has 0 aliphatic heterocycles. The fourth-order valence-corrected chi connectivity index (χ4v) is 5.04. The van der Waals surface area contributed by atoms with E-state index in [1.807, 2.05) is 43.5 Å². The average molecular weight is 393 g/mol. The fraction of sp³-hybridized carbons (Fsp3) is 0.316. The van der Waals surface area contributed by atoms with Crippen LogP contribution >= 0.6 is 11.8 Å². The predicted octanol–water partition coefficient (Wildman–Crippen LogP) is 3.59. The van der Waals surface area contributed by atoms with Crippen LogP contribution in [0.5, 0.6) is 0 Å². The topological polar surface area (TPSA) is 66.5 Å². The van der Waals surface area contributed by atoms with Crippen LogP contribution in [0, 0.1) is 20.8 Å². The summed E-state index contributed by atoms with van der Waals surface area (Å²) in [4.78, 5) is 13.6. The zero-order valence-corrected chi connectivity index (χ0v) is 17.3. The number of carbonyl (C=O) groups excluding carboxylic acids is 1. The minimum Gasteiger partial charge on any atom is -0.324 e. The van der Waals surface area contributed by atoms with Crippen LogP contribution < -0.4 is 5.32 Å². The van der Waals surface area contributed by atoms with Crippen molar-refractivity contribution < 1.29 is 13.2 Å². The quantitative estimate of drug-likeness (QED) is 0.763. The highest BCUT2D eigenvalue weighted by molar-refractivity contribution is 7.98. The number of anilines is 1. The van der Waals surface area contributed by atoms with Crippen LogP contribution in [0.3, 0.4) is 0 Å². The Bertz CT molecular complexity index is 901. The predicted molar refractivity (Wildman–Crippen MR) is 107 cm³/mol. The molecule has 26 heavy (non-hydrogen) atoms. The van der Waals surface area contributed by atoms with Crippen molar-refractivity contribution in [3.05, 3.63) is 53.1 Å². The average Bonchev–Trinajstić information content (AvgIpc) is 2.53. The maximum atomic E-state index is 12.9. The molecule has 0 unspecified atom stereocenters. The van der Waals surface area contributed by atoms with Gasteiger partial charge in [-0.25, -0.2) is 8.42 Å². The fourth-order valence-electron chi connectivity index (χ4n) is 2.95. The number of hydrogen-bond acceptors (Lipinski definition) is 4. The molecule has 0 spiro atoms. The number of nitrogens with zero attached hydrogens (tertiary/aromatic N) is 1. The largest absolute Gasteiger partial charge is 0.324 e. The summed E-state index contributed by atoms with van der Waals surface area (Å²) in [5.74, 6) is -0.375. The van der Waals surface area contributed by atoms with E-state index in [0.29, 0.717) is 16.8 Å². The molecule has 1 amide bonds. The summed E-state index contributed by atoms with van der Waals surface area (Å²) in [7, 11) is -2.33. The van der Waals surface area contributed by atoms with E-state index in [9.17, 15) is 13.2 Å². The summed E-state index contributed by atoms with van der Waals surface area (Å²) >= 11 is 1.52. The molecule has 0 atom stereocenters. The van der Waals surface area contributed by atoms with Crippen molar-refractivity contribution >= 4 is 33.4 Å². The van der Waals surface area contributed by atoms with Crippen molar-refractivity contribution in [2.45, 2.75) is 30.6 Å². The normalized spacial score (nSPS) is 11.6. The van der Waals surface area contributed by atoms with Crippen LogP contribution in [-0.2, 0) is 14.8 Å². The molecular formula is C19H24N2O3S2.